The Labute approximate surface area is 397 Å². The number of benzene rings is 6. The van der Waals surface area contributed by atoms with Gasteiger partial charge in [0, 0.05) is 48.3 Å². The van der Waals surface area contributed by atoms with Gasteiger partial charge in [-0.2, -0.15) is 0 Å². The Morgan fingerprint density at radius 3 is 1.88 bits per heavy atom. The molecule has 0 spiro atoms. The van der Waals surface area contributed by atoms with Crippen molar-refractivity contribution < 1.29 is 4.42 Å². The van der Waals surface area contributed by atoms with Gasteiger partial charge in [0.1, 0.15) is 5.58 Å². The monoisotopic (exact) mass is 884 g/mol. The quantitative estimate of drug-likeness (QED) is 0.165. The minimum absolute atomic E-state index is 0.0339. The molecule has 0 N–H and O–H groups in total. The molecule has 0 saturated carbocycles. The van der Waals surface area contributed by atoms with Crippen molar-refractivity contribution in [2.75, 3.05) is 9.80 Å². The van der Waals surface area contributed by atoms with Crippen molar-refractivity contribution in [2.45, 2.75) is 149 Å². The Balaban J connectivity index is 1.21. The van der Waals surface area contributed by atoms with Gasteiger partial charge in [-0.05, 0) is 170 Å². The first-order valence-corrected chi connectivity index (χ1v) is 25.6. The van der Waals surface area contributed by atoms with Crippen molar-refractivity contribution in [1.29, 1.82) is 0 Å². The van der Waals surface area contributed by atoms with E-state index in [4.69, 9.17) is 4.42 Å². The molecular formula is C61H65BN2OS. The van der Waals surface area contributed by atoms with Crippen LogP contribution < -0.4 is 26.4 Å². The van der Waals surface area contributed by atoms with Crippen molar-refractivity contribution in [1.82, 2.24) is 0 Å². The maximum atomic E-state index is 7.49. The number of hydrogen-bond acceptors (Lipinski definition) is 4. The Morgan fingerprint density at radius 2 is 1.20 bits per heavy atom. The zero-order valence-electron chi connectivity index (χ0n) is 41.5. The molecule has 0 atom stereocenters. The Morgan fingerprint density at radius 1 is 0.576 bits per heavy atom. The summed E-state index contributed by atoms with van der Waals surface area (Å²) in [7, 11) is 0. The van der Waals surface area contributed by atoms with Gasteiger partial charge in [-0.15, -0.1) is 11.3 Å². The molecule has 4 aliphatic rings. The van der Waals surface area contributed by atoms with E-state index in [-0.39, 0.29) is 33.8 Å². The minimum Gasteiger partial charge on any atom is -0.468 e. The third kappa shape index (κ3) is 5.93. The van der Waals surface area contributed by atoms with Crippen LogP contribution in [0.3, 0.4) is 0 Å². The number of thiophene rings is 1. The Bertz CT molecular complexity index is 3370. The first-order valence-electron chi connectivity index (χ1n) is 24.7. The molecule has 0 radical (unpaired) electrons. The van der Waals surface area contributed by atoms with Crippen LogP contribution in [0.5, 0.6) is 0 Å². The molecular weight excluding hydrogens is 820 g/mol. The molecule has 12 rings (SSSR count). The molecule has 5 heteroatoms. The van der Waals surface area contributed by atoms with E-state index in [1.54, 1.807) is 0 Å². The van der Waals surface area contributed by atoms with Crippen LogP contribution in [0.1, 0.15) is 155 Å². The van der Waals surface area contributed by atoms with E-state index in [2.05, 4.69) is 203 Å². The fraction of sp³-hybridized carbons (Fsp3) is 0.377. The SMILES string of the molecule is CC(C)c1ccc2sc3cccc(N4c5cccc6c5B(c5cc7c(cc5N6c5ccc6c(c5)C(C)(C)CCC6(C)C)C(C)(C)CCC7(C)C)c5oc6ccc(C(C)(C)C)cc6c54)c3c2c1. The average molecular weight is 885 g/mol. The van der Waals surface area contributed by atoms with Gasteiger partial charge in [0.25, 0.3) is 6.71 Å². The van der Waals surface area contributed by atoms with Crippen LogP contribution in [-0.4, -0.2) is 6.71 Å². The third-order valence-corrected chi connectivity index (χ3v) is 18.1. The maximum absolute atomic E-state index is 7.49. The molecule has 334 valence electrons. The number of fused-ring (bicyclic) bond motifs is 11. The summed E-state index contributed by atoms with van der Waals surface area (Å²) in [5.41, 5.74) is 20.9. The summed E-state index contributed by atoms with van der Waals surface area (Å²) in [5.74, 6) is 0.432. The summed E-state index contributed by atoms with van der Waals surface area (Å²) in [6, 6.07) is 40.9. The van der Waals surface area contributed by atoms with E-state index in [1.807, 2.05) is 11.3 Å². The summed E-state index contributed by atoms with van der Waals surface area (Å²) in [5, 5.41) is 3.82. The number of hydrogen-bond donors (Lipinski definition) is 0. The van der Waals surface area contributed by atoms with Gasteiger partial charge in [-0.3, -0.25) is 0 Å². The maximum Gasteiger partial charge on any atom is 0.297 e. The van der Waals surface area contributed by atoms with Gasteiger partial charge in [-0.25, -0.2) is 0 Å². The van der Waals surface area contributed by atoms with Gasteiger partial charge < -0.3 is 14.2 Å². The molecule has 0 saturated heterocycles. The van der Waals surface area contributed by atoms with Crippen LogP contribution in [0.15, 0.2) is 108 Å². The zero-order chi connectivity index (χ0) is 46.2. The van der Waals surface area contributed by atoms with E-state index in [0.717, 1.165) is 17.7 Å². The molecule has 2 aliphatic carbocycles. The smallest absolute Gasteiger partial charge is 0.297 e. The molecule has 0 amide bonds. The number of furan rings is 1. The van der Waals surface area contributed by atoms with Crippen molar-refractivity contribution in [3.63, 3.8) is 0 Å². The second-order valence-corrected chi connectivity index (χ2v) is 25.6. The topological polar surface area (TPSA) is 19.6 Å². The first kappa shape index (κ1) is 42.1. The zero-order valence-corrected chi connectivity index (χ0v) is 42.3. The molecule has 0 fully saturated rings. The highest BCUT2D eigenvalue weighted by Crippen LogP contribution is 2.54. The highest BCUT2D eigenvalue weighted by atomic mass is 32.1. The van der Waals surface area contributed by atoms with Crippen molar-refractivity contribution in [3.05, 3.63) is 137 Å². The number of anilines is 6. The van der Waals surface area contributed by atoms with Crippen LogP contribution in [0.4, 0.5) is 34.1 Å². The Kier molecular flexibility index (Phi) is 8.73. The summed E-state index contributed by atoms with van der Waals surface area (Å²) in [6.45, 7) is 31.2. The van der Waals surface area contributed by atoms with Gasteiger partial charge in [-0.1, -0.05) is 126 Å². The standard InChI is InChI=1S/C61H65BN2OS/c1-35(2)36-20-25-51-40(30-36)53-46(16-15-19-52(53)66-51)64-48-18-14-17-47-54(48)62(56-55(64)39-31-37(57(3,4)5)21-24-50(39)65-56)45-33-43-44(61(12,13)29-28-60(43,10)11)34-49(45)63(47)38-22-23-41-42(32-38)59(8,9)27-26-58(41,6)7/h14-25,30-35H,26-29H2,1-13H3. The van der Waals surface area contributed by atoms with Crippen LogP contribution >= 0.6 is 11.3 Å². The summed E-state index contributed by atoms with van der Waals surface area (Å²) >= 11 is 1.91. The fourth-order valence-corrected chi connectivity index (χ4v) is 13.7. The molecule has 0 bridgehead atoms. The van der Waals surface area contributed by atoms with Crippen molar-refractivity contribution in [2.24, 2.45) is 0 Å². The lowest BCUT2D eigenvalue weighted by molar-refractivity contribution is 0.332. The number of nitrogens with zero attached hydrogens (tertiary/aromatic N) is 2. The van der Waals surface area contributed by atoms with E-state index >= 15 is 0 Å². The predicted molar refractivity (Wildman–Crippen MR) is 286 cm³/mol. The van der Waals surface area contributed by atoms with E-state index in [1.165, 1.54) is 123 Å². The van der Waals surface area contributed by atoms with Crippen LogP contribution in [0.25, 0.3) is 31.1 Å². The summed E-state index contributed by atoms with van der Waals surface area (Å²) in [4.78, 5) is 5.27. The van der Waals surface area contributed by atoms with Gasteiger partial charge >= 0.3 is 0 Å². The highest BCUT2D eigenvalue weighted by molar-refractivity contribution is 7.26. The largest absolute Gasteiger partial charge is 0.468 e. The van der Waals surface area contributed by atoms with Crippen molar-refractivity contribution in [3.8, 4) is 0 Å². The van der Waals surface area contributed by atoms with Crippen LogP contribution in [0, 0.1) is 0 Å². The van der Waals surface area contributed by atoms with E-state index in [0.29, 0.717) is 5.92 Å². The molecule has 2 aromatic heterocycles. The molecule has 2 aliphatic heterocycles. The van der Waals surface area contributed by atoms with Crippen LogP contribution in [0.2, 0.25) is 0 Å². The molecule has 66 heavy (non-hydrogen) atoms. The Hall–Kier alpha value is -5.26. The second-order valence-electron chi connectivity index (χ2n) is 24.5. The predicted octanol–water partition coefficient (Wildman–Crippen LogP) is 16.0. The second kappa shape index (κ2) is 13.7. The molecule has 0 unspecified atom stereocenters. The minimum atomic E-state index is -0.107. The molecule has 3 nitrogen and oxygen atoms in total. The summed E-state index contributed by atoms with van der Waals surface area (Å²) < 4.78 is 10.1. The van der Waals surface area contributed by atoms with Gasteiger partial charge in [0.05, 0.1) is 17.0 Å². The van der Waals surface area contributed by atoms with E-state index in [9.17, 15) is 0 Å². The summed E-state index contributed by atoms with van der Waals surface area (Å²) in [6.07, 6.45) is 4.70. The lowest BCUT2D eigenvalue weighted by Gasteiger charge is -2.47. The number of rotatable bonds is 3. The molecule has 4 heterocycles. The van der Waals surface area contributed by atoms with Gasteiger partial charge in [0.15, 0.2) is 0 Å². The highest BCUT2D eigenvalue weighted by Gasteiger charge is 2.49. The van der Waals surface area contributed by atoms with Gasteiger partial charge in [0.2, 0.25) is 0 Å². The lowest BCUT2D eigenvalue weighted by Crippen LogP contribution is -2.61. The normalized spacial score (nSPS) is 18.7. The van der Waals surface area contributed by atoms with Crippen molar-refractivity contribution >= 4 is 99.9 Å². The molecule has 8 aromatic rings. The first-order chi connectivity index (χ1) is 31.1. The fourth-order valence-electron chi connectivity index (χ4n) is 12.6. The molecule has 6 aromatic carbocycles. The average Bonchev–Trinajstić information content (AvgIpc) is 3.84. The lowest BCUT2D eigenvalue weighted by atomic mass is 9.35. The van der Waals surface area contributed by atoms with Crippen LogP contribution in [-0.2, 0) is 27.1 Å². The van der Waals surface area contributed by atoms with E-state index < -0.39 is 0 Å². The third-order valence-electron chi connectivity index (χ3n) is 16.9.